The van der Waals surface area contributed by atoms with E-state index in [1.54, 1.807) is 0 Å². The van der Waals surface area contributed by atoms with Gasteiger partial charge in [0.05, 0.1) is 23.8 Å². The average molecular weight is 317 g/mol. The summed E-state index contributed by atoms with van der Waals surface area (Å²) in [6.07, 6.45) is 1.23. The SMILES string of the molecule is CCCC(O)c1cc(Br)c(OCC)c(OCC)c1. The van der Waals surface area contributed by atoms with E-state index in [2.05, 4.69) is 22.9 Å². The smallest absolute Gasteiger partial charge is 0.175 e. The van der Waals surface area contributed by atoms with Gasteiger partial charge in [0.25, 0.3) is 0 Å². The Kier molecular flexibility index (Phi) is 6.50. The van der Waals surface area contributed by atoms with Crippen LogP contribution in [0.25, 0.3) is 0 Å². The van der Waals surface area contributed by atoms with Crippen molar-refractivity contribution in [1.82, 2.24) is 0 Å². The molecule has 1 rings (SSSR count). The first-order chi connectivity index (χ1) is 8.63. The van der Waals surface area contributed by atoms with Crippen LogP contribution in [0, 0.1) is 0 Å². The van der Waals surface area contributed by atoms with Gasteiger partial charge in [-0.1, -0.05) is 13.3 Å². The van der Waals surface area contributed by atoms with Crippen molar-refractivity contribution in [3.63, 3.8) is 0 Å². The zero-order chi connectivity index (χ0) is 13.5. The lowest BCUT2D eigenvalue weighted by atomic mass is 10.0. The second-order valence-corrected chi connectivity index (χ2v) is 4.85. The molecule has 18 heavy (non-hydrogen) atoms. The number of hydrogen-bond acceptors (Lipinski definition) is 3. The first-order valence-electron chi connectivity index (χ1n) is 6.41. The van der Waals surface area contributed by atoms with E-state index in [0.29, 0.717) is 24.7 Å². The Labute approximate surface area is 117 Å². The van der Waals surface area contributed by atoms with E-state index in [-0.39, 0.29) is 0 Å². The highest BCUT2D eigenvalue weighted by atomic mass is 79.9. The number of aliphatic hydroxyl groups is 1. The third kappa shape index (κ3) is 3.89. The van der Waals surface area contributed by atoms with Crippen molar-refractivity contribution in [2.24, 2.45) is 0 Å². The highest BCUT2D eigenvalue weighted by Crippen LogP contribution is 2.39. The molecule has 0 bridgehead atoms. The number of aliphatic hydroxyl groups excluding tert-OH is 1. The van der Waals surface area contributed by atoms with Gasteiger partial charge in [-0.3, -0.25) is 0 Å². The van der Waals surface area contributed by atoms with Crippen LogP contribution in [0.2, 0.25) is 0 Å². The molecule has 0 heterocycles. The van der Waals surface area contributed by atoms with Crippen LogP contribution in [0.5, 0.6) is 11.5 Å². The monoisotopic (exact) mass is 316 g/mol. The van der Waals surface area contributed by atoms with Crippen LogP contribution in [0.15, 0.2) is 16.6 Å². The van der Waals surface area contributed by atoms with Gasteiger partial charge in [-0.05, 0) is 53.9 Å². The van der Waals surface area contributed by atoms with Gasteiger partial charge in [-0.25, -0.2) is 0 Å². The van der Waals surface area contributed by atoms with Gasteiger partial charge >= 0.3 is 0 Å². The minimum atomic E-state index is -0.457. The van der Waals surface area contributed by atoms with Gasteiger partial charge in [0.2, 0.25) is 0 Å². The maximum atomic E-state index is 10.0. The van der Waals surface area contributed by atoms with Crippen LogP contribution in [0.3, 0.4) is 0 Å². The third-order valence-electron chi connectivity index (χ3n) is 2.57. The van der Waals surface area contributed by atoms with E-state index in [4.69, 9.17) is 9.47 Å². The Balaban J connectivity index is 3.09. The molecule has 0 aromatic heterocycles. The third-order valence-corrected chi connectivity index (χ3v) is 3.16. The molecular formula is C14H21BrO3. The first-order valence-corrected chi connectivity index (χ1v) is 7.20. The summed E-state index contributed by atoms with van der Waals surface area (Å²) >= 11 is 3.47. The highest BCUT2D eigenvalue weighted by molar-refractivity contribution is 9.10. The van der Waals surface area contributed by atoms with Crippen LogP contribution in [-0.2, 0) is 0 Å². The normalized spacial score (nSPS) is 12.3. The van der Waals surface area contributed by atoms with E-state index in [0.717, 1.165) is 22.9 Å². The molecule has 0 amide bonds. The lowest BCUT2D eigenvalue weighted by molar-refractivity contribution is 0.165. The zero-order valence-electron chi connectivity index (χ0n) is 11.2. The van der Waals surface area contributed by atoms with E-state index < -0.39 is 6.10 Å². The second-order valence-electron chi connectivity index (χ2n) is 4.00. The highest BCUT2D eigenvalue weighted by Gasteiger charge is 2.15. The van der Waals surface area contributed by atoms with Gasteiger partial charge in [0.1, 0.15) is 0 Å². The molecule has 1 unspecified atom stereocenters. The van der Waals surface area contributed by atoms with Gasteiger partial charge in [0, 0.05) is 0 Å². The second kappa shape index (κ2) is 7.64. The molecule has 0 aliphatic carbocycles. The fraction of sp³-hybridized carbons (Fsp3) is 0.571. The minimum Gasteiger partial charge on any atom is -0.490 e. The predicted molar refractivity (Wildman–Crippen MR) is 76.3 cm³/mol. The average Bonchev–Trinajstić information content (AvgIpc) is 2.33. The standard InChI is InChI=1S/C14H21BrO3/c1-4-7-12(16)10-8-11(15)14(18-6-3)13(9-10)17-5-2/h8-9,12,16H,4-7H2,1-3H3. The van der Waals surface area contributed by atoms with Gasteiger partial charge in [-0.15, -0.1) is 0 Å². The fourth-order valence-corrected chi connectivity index (χ4v) is 2.34. The molecule has 3 nitrogen and oxygen atoms in total. The molecule has 0 spiro atoms. The lowest BCUT2D eigenvalue weighted by Gasteiger charge is -2.17. The number of ether oxygens (including phenoxy) is 2. The molecule has 0 saturated carbocycles. The Morgan fingerprint density at radius 1 is 1.17 bits per heavy atom. The number of rotatable bonds is 7. The molecule has 1 atom stereocenters. The predicted octanol–water partition coefficient (Wildman–Crippen LogP) is 4.08. The maximum absolute atomic E-state index is 10.0. The summed E-state index contributed by atoms with van der Waals surface area (Å²) in [6.45, 7) is 7.06. The molecule has 0 saturated heterocycles. The largest absolute Gasteiger partial charge is 0.490 e. The van der Waals surface area contributed by atoms with E-state index in [9.17, 15) is 5.11 Å². The Morgan fingerprint density at radius 3 is 2.39 bits per heavy atom. The number of halogens is 1. The molecule has 1 N–H and O–H groups in total. The quantitative estimate of drug-likeness (QED) is 0.823. The summed E-state index contributed by atoms with van der Waals surface area (Å²) in [5, 5.41) is 10.0. The molecule has 4 heteroatoms. The van der Waals surface area contributed by atoms with Crippen molar-refractivity contribution in [2.45, 2.75) is 39.7 Å². The zero-order valence-corrected chi connectivity index (χ0v) is 12.8. The van der Waals surface area contributed by atoms with Gasteiger partial charge in [-0.2, -0.15) is 0 Å². The molecule has 0 aliphatic heterocycles. The molecule has 1 aromatic rings. The first kappa shape index (κ1) is 15.3. The van der Waals surface area contributed by atoms with E-state index in [1.165, 1.54) is 0 Å². The van der Waals surface area contributed by atoms with Crippen molar-refractivity contribution < 1.29 is 14.6 Å². The van der Waals surface area contributed by atoms with Crippen LogP contribution >= 0.6 is 15.9 Å². The summed E-state index contributed by atoms with van der Waals surface area (Å²) in [5.74, 6) is 1.38. The molecule has 0 radical (unpaired) electrons. The summed E-state index contributed by atoms with van der Waals surface area (Å²) < 4.78 is 12.0. The minimum absolute atomic E-state index is 0.457. The van der Waals surface area contributed by atoms with Crippen LogP contribution in [-0.4, -0.2) is 18.3 Å². The Morgan fingerprint density at radius 2 is 1.83 bits per heavy atom. The summed E-state index contributed by atoms with van der Waals surface area (Å²) in [5.41, 5.74) is 0.857. The Bertz CT molecular complexity index is 380. The van der Waals surface area contributed by atoms with E-state index in [1.807, 2.05) is 26.0 Å². The molecule has 0 aliphatic rings. The van der Waals surface area contributed by atoms with Crippen LogP contribution in [0.1, 0.15) is 45.3 Å². The van der Waals surface area contributed by atoms with Gasteiger partial charge < -0.3 is 14.6 Å². The number of hydrogen-bond donors (Lipinski definition) is 1. The van der Waals surface area contributed by atoms with Crippen molar-refractivity contribution >= 4 is 15.9 Å². The molecule has 102 valence electrons. The van der Waals surface area contributed by atoms with Crippen molar-refractivity contribution in [2.75, 3.05) is 13.2 Å². The fourth-order valence-electron chi connectivity index (χ4n) is 1.77. The topological polar surface area (TPSA) is 38.7 Å². The van der Waals surface area contributed by atoms with E-state index >= 15 is 0 Å². The summed E-state index contributed by atoms with van der Waals surface area (Å²) in [4.78, 5) is 0. The van der Waals surface area contributed by atoms with Crippen molar-refractivity contribution in [1.29, 1.82) is 0 Å². The van der Waals surface area contributed by atoms with Crippen LogP contribution < -0.4 is 9.47 Å². The van der Waals surface area contributed by atoms with Crippen molar-refractivity contribution in [3.8, 4) is 11.5 Å². The summed E-state index contributed by atoms with van der Waals surface area (Å²) in [7, 11) is 0. The molecule has 1 aromatic carbocycles. The lowest BCUT2D eigenvalue weighted by Crippen LogP contribution is -2.03. The number of benzene rings is 1. The van der Waals surface area contributed by atoms with Crippen molar-refractivity contribution in [3.05, 3.63) is 22.2 Å². The van der Waals surface area contributed by atoms with Gasteiger partial charge in [0.15, 0.2) is 11.5 Å². The van der Waals surface area contributed by atoms with Crippen LogP contribution in [0.4, 0.5) is 0 Å². The summed E-state index contributed by atoms with van der Waals surface area (Å²) in [6, 6.07) is 3.76. The maximum Gasteiger partial charge on any atom is 0.175 e. The molecule has 0 fully saturated rings. The molecular weight excluding hydrogens is 296 g/mol. The Hall–Kier alpha value is -0.740.